The predicted octanol–water partition coefficient (Wildman–Crippen LogP) is 3.53. The molecule has 4 heteroatoms. The zero-order valence-electron chi connectivity index (χ0n) is 11.7. The summed E-state index contributed by atoms with van der Waals surface area (Å²) in [6, 6.07) is 11.7. The normalized spacial score (nSPS) is 10.4. The second-order valence-corrected chi connectivity index (χ2v) is 4.83. The Kier molecular flexibility index (Phi) is 4.88. The van der Waals surface area contributed by atoms with Gasteiger partial charge in [-0.05, 0) is 48.4 Å². The first-order valence-corrected chi connectivity index (χ1v) is 6.78. The van der Waals surface area contributed by atoms with E-state index in [0.29, 0.717) is 23.1 Å². The Morgan fingerprint density at radius 3 is 2.40 bits per heavy atom. The first kappa shape index (κ1) is 14.7. The lowest BCUT2D eigenvalue weighted by Crippen LogP contribution is -2.02. The minimum absolute atomic E-state index is 0.618. The van der Waals surface area contributed by atoms with Crippen LogP contribution >= 0.6 is 11.6 Å². The fourth-order valence-electron chi connectivity index (χ4n) is 2.12. The molecule has 0 bridgehead atoms. The van der Waals surface area contributed by atoms with Gasteiger partial charge < -0.3 is 15.2 Å². The third kappa shape index (κ3) is 3.06. The minimum atomic E-state index is 0.618. The molecule has 0 spiro atoms. The van der Waals surface area contributed by atoms with Gasteiger partial charge in [-0.1, -0.05) is 23.7 Å². The summed E-state index contributed by atoms with van der Waals surface area (Å²) >= 11 is 6.30. The number of benzene rings is 2. The molecule has 3 nitrogen and oxygen atoms in total. The van der Waals surface area contributed by atoms with E-state index in [2.05, 4.69) is 6.07 Å². The number of rotatable bonds is 5. The molecule has 2 rings (SSSR count). The quantitative estimate of drug-likeness (QED) is 0.916. The lowest BCUT2D eigenvalue weighted by molar-refractivity contribution is 0.355. The van der Waals surface area contributed by atoms with Gasteiger partial charge in [0.15, 0.2) is 11.5 Å². The van der Waals surface area contributed by atoms with E-state index in [1.54, 1.807) is 14.2 Å². The molecule has 0 aliphatic rings. The number of halogens is 1. The van der Waals surface area contributed by atoms with Gasteiger partial charge in [-0.25, -0.2) is 0 Å². The number of hydrogen-bond acceptors (Lipinski definition) is 3. The van der Waals surface area contributed by atoms with Gasteiger partial charge >= 0.3 is 0 Å². The molecule has 0 aromatic heterocycles. The molecule has 0 aliphatic carbocycles. The van der Waals surface area contributed by atoms with Crippen LogP contribution in [0, 0.1) is 0 Å². The average Bonchev–Trinajstić information content (AvgIpc) is 2.48. The molecule has 0 atom stereocenters. The summed E-state index contributed by atoms with van der Waals surface area (Å²) in [7, 11) is 3.24. The molecule has 0 saturated heterocycles. The summed E-state index contributed by atoms with van der Waals surface area (Å²) in [5.74, 6) is 1.38. The lowest BCUT2D eigenvalue weighted by Gasteiger charge is -2.12. The lowest BCUT2D eigenvalue weighted by atomic mass is 10.0. The third-order valence-electron chi connectivity index (χ3n) is 3.16. The van der Waals surface area contributed by atoms with Crippen LogP contribution in [0.1, 0.15) is 5.56 Å². The van der Waals surface area contributed by atoms with Gasteiger partial charge in [0.05, 0.1) is 14.2 Å². The van der Waals surface area contributed by atoms with E-state index in [0.717, 1.165) is 17.5 Å². The first-order valence-electron chi connectivity index (χ1n) is 6.40. The molecular formula is C16H18ClNO2. The Morgan fingerprint density at radius 1 is 1.00 bits per heavy atom. The van der Waals surface area contributed by atoms with Crippen molar-refractivity contribution in [2.24, 2.45) is 5.73 Å². The van der Waals surface area contributed by atoms with Crippen molar-refractivity contribution in [1.82, 2.24) is 0 Å². The van der Waals surface area contributed by atoms with Crippen LogP contribution in [0.15, 0.2) is 36.4 Å². The number of nitrogens with two attached hydrogens (primary N) is 1. The van der Waals surface area contributed by atoms with Gasteiger partial charge in [0, 0.05) is 10.6 Å². The zero-order chi connectivity index (χ0) is 14.5. The maximum atomic E-state index is 6.30. The van der Waals surface area contributed by atoms with Gasteiger partial charge in [0.1, 0.15) is 0 Å². The monoisotopic (exact) mass is 291 g/mol. The molecule has 106 valence electrons. The van der Waals surface area contributed by atoms with Crippen molar-refractivity contribution in [3.8, 4) is 22.6 Å². The maximum Gasteiger partial charge on any atom is 0.161 e. The van der Waals surface area contributed by atoms with Crippen LogP contribution in [0.5, 0.6) is 11.5 Å². The van der Waals surface area contributed by atoms with Crippen molar-refractivity contribution in [1.29, 1.82) is 0 Å². The standard InChI is InChI=1S/C16H18ClNO2/c1-19-15-6-4-12(10-16(15)20-2)13-9-11(7-8-18)3-5-14(13)17/h3-6,9-10H,7-8,18H2,1-2H3. The molecule has 0 unspecified atom stereocenters. The van der Waals surface area contributed by atoms with Crippen molar-refractivity contribution >= 4 is 11.6 Å². The van der Waals surface area contributed by atoms with Gasteiger partial charge in [-0.3, -0.25) is 0 Å². The van der Waals surface area contributed by atoms with Crippen LogP contribution in [-0.4, -0.2) is 20.8 Å². The van der Waals surface area contributed by atoms with E-state index in [-0.39, 0.29) is 0 Å². The molecule has 0 aliphatic heterocycles. The highest BCUT2D eigenvalue weighted by molar-refractivity contribution is 6.33. The Labute approximate surface area is 124 Å². The average molecular weight is 292 g/mol. The highest BCUT2D eigenvalue weighted by atomic mass is 35.5. The summed E-state index contributed by atoms with van der Waals surface area (Å²) in [5.41, 5.74) is 8.73. The van der Waals surface area contributed by atoms with Crippen molar-refractivity contribution in [2.75, 3.05) is 20.8 Å². The highest BCUT2D eigenvalue weighted by Crippen LogP contribution is 2.35. The SMILES string of the molecule is COc1ccc(-c2cc(CCN)ccc2Cl)cc1OC. The number of ether oxygens (including phenoxy) is 2. The minimum Gasteiger partial charge on any atom is -0.493 e. The van der Waals surface area contributed by atoms with Crippen LogP contribution in [0.25, 0.3) is 11.1 Å². The Balaban J connectivity index is 2.47. The van der Waals surface area contributed by atoms with Crippen LogP contribution in [-0.2, 0) is 6.42 Å². The fourth-order valence-corrected chi connectivity index (χ4v) is 2.35. The molecule has 0 amide bonds. The zero-order valence-corrected chi connectivity index (χ0v) is 12.4. The Hall–Kier alpha value is -1.71. The van der Waals surface area contributed by atoms with E-state index >= 15 is 0 Å². The van der Waals surface area contributed by atoms with Gasteiger partial charge in [0.2, 0.25) is 0 Å². The Bertz CT molecular complexity index is 599. The summed E-state index contributed by atoms with van der Waals surface area (Å²) in [6.45, 7) is 0.618. The van der Waals surface area contributed by atoms with E-state index in [1.165, 1.54) is 5.56 Å². The summed E-state index contributed by atoms with van der Waals surface area (Å²) in [5, 5.41) is 0.706. The van der Waals surface area contributed by atoms with Crippen molar-refractivity contribution < 1.29 is 9.47 Å². The summed E-state index contributed by atoms with van der Waals surface area (Å²) in [6.07, 6.45) is 0.831. The van der Waals surface area contributed by atoms with Crippen LogP contribution in [0.4, 0.5) is 0 Å². The highest BCUT2D eigenvalue weighted by Gasteiger charge is 2.09. The van der Waals surface area contributed by atoms with Gasteiger partial charge in [-0.2, -0.15) is 0 Å². The van der Waals surface area contributed by atoms with Crippen molar-refractivity contribution in [2.45, 2.75) is 6.42 Å². The van der Waals surface area contributed by atoms with Crippen molar-refractivity contribution in [3.63, 3.8) is 0 Å². The van der Waals surface area contributed by atoms with Gasteiger partial charge in [0.25, 0.3) is 0 Å². The van der Waals surface area contributed by atoms with Gasteiger partial charge in [-0.15, -0.1) is 0 Å². The third-order valence-corrected chi connectivity index (χ3v) is 3.49. The topological polar surface area (TPSA) is 44.5 Å². The maximum absolute atomic E-state index is 6.30. The van der Waals surface area contributed by atoms with E-state index in [1.807, 2.05) is 30.3 Å². The largest absolute Gasteiger partial charge is 0.493 e. The number of hydrogen-bond donors (Lipinski definition) is 1. The van der Waals surface area contributed by atoms with Crippen LogP contribution < -0.4 is 15.2 Å². The van der Waals surface area contributed by atoms with Crippen LogP contribution in [0.2, 0.25) is 5.02 Å². The van der Waals surface area contributed by atoms with E-state index in [9.17, 15) is 0 Å². The molecule has 2 aromatic carbocycles. The molecule has 0 radical (unpaired) electrons. The molecule has 0 heterocycles. The number of methoxy groups -OCH3 is 2. The molecule has 0 saturated carbocycles. The summed E-state index contributed by atoms with van der Waals surface area (Å²) in [4.78, 5) is 0. The van der Waals surface area contributed by atoms with Crippen LogP contribution in [0.3, 0.4) is 0 Å². The van der Waals surface area contributed by atoms with E-state index in [4.69, 9.17) is 26.8 Å². The second kappa shape index (κ2) is 6.64. The summed E-state index contributed by atoms with van der Waals surface area (Å²) < 4.78 is 10.6. The van der Waals surface area contributed by atoms with Crippen molar-refractivity contribution in [3.05, 3.63) is 47.0 Å². The molecule has 20 heavy (non-hydrogen) atoms. The fraction of sp³-hybridized carbons (Fsp3) is 0.250. The predicted molar refractivity (Wildman–Crippen MR) is 82.8 cm³/mol. The molecule has 2 N–H and O–H groups in total. The molecular weight excluding hydrogens is 274 g/mol. The molecule has 2 aromatic rings. The second-order valence-electron chi connectivity index (χ2n) is 4.42. The Morgan fingerprint density at radius 2 is 1.75 bits per heavy atom. The molecule has 0 fully saturated rings. The smallest absolute Gasteiger partial charge is 0.161 e. The van der Waals surface area contributed by atoms with E-state index < -0.39 is 0 Å². The first-order chi connectivity index (χ1) is 9.69.